The summed E-state index contributed by atoms with van der Waals surface area (Å²) in [5, 5.41) is 3.41. The number of carbonyl (C=O) groups excluding carboxylic acids is 1. The second-order valence-electron chi connectivity index (χ2n) is 9.42. The van der Waals surface area contributed by atoms with Crippen LogP contribution in [0.5, 0.6) is 11.5 Å². The zero-order valence-electron chi connectivity index (χ0n) is 17.2. The summed E-state index contributed by atoms with van der Waals surface area (Å²) < 4.78 is 34.6. The van der Waals surface area contributed by atoms with E-state index in [1.54, 1.807) is 12.1 Å². The molecule has 0 heterocycles. The van der Waals surface area contributed by atoms with Crippen molar-refractivity contribution in [3.8, 4) is 11.5 Å². The van der Waals surface area contributed by atoms with Crippen molar-refractivity contribution in [2.45, 2.75) is 57.2 Å². The van der Waals surface area contributed by atoms with Crippen molar-refractivity contribution >= 4 is 5.91 Å². The average molecular weight is 409 g/mol. The van der Waals surface area contributed by atoms with E-state index in [0.717, 1.165) is 47.5 Å². The summed E-state index contributed by atoms with van der Waals surface area (Å²) in [6.07, 6.45) is 7.50. The highest BCUT2D eigenvalue weighted by Gasteiger charge is 2.51. The molecule has 1 amide bonds. The van der Waals surface area contributed by atoms with E-state index in [4.69, 9.17) is 4.74 Å². The first-order chi connectivity index (χ1) is 13.8. The van der Waals surface area contributed by atoms with E-state index in [-0.39, 0.29) is 22.9 Å². The number of amides is 1. The largest absolute Gasteiger partial charge is 0.493 e. The van der Waals surface area contributed by atoms with Gasteiger partial charge >= 0.3 is 6.61 Å². The summed E-state index contributed by atoms with van der Waals surface area (Å²) in [7, 11) is 3.39. The fourth-order valence-corrected chi connectivity index (χ4v) is 6.30. The van der Waals surface area contributed by atoms with Crippen LogP contribution in [0, 0.1) is 17.8 Å². The fourth-order valence-electron chi connectivity index (χ4n) is 6.30. The predicted octanol–water partition coefficient (Wildman–Crippen LogP) is 2.40. The molecule has 0 spiro atoms. The minimum atomic E-state index is -2.89. The van der Waals surface area contributed by atoms with Crippen LogP contribution < -0.4 is 19.7 Å². The Bertz CT molecular complexity index is 720. The van der Waals surface area contributed by atoms with Gasteiger partial charge in [-0.15, -0.1) is 0 Å². The van der Waals surface area contributed by atoms with E-state index in [9.17, 15) is 13.6 Å². The Morgan fingerprint density at radius 2 is 1.79 bits per heavy atom. The predicted molar refractivity (Wildman–Crippen MR) is 104 cm³/mol. The lowest BCUT2D eigenvalue weighted by atomic mass is 9.53. The maximum absolute atomic E-state index is 12.8. The molecule has 1 aromatic rings. The summed E-state index contributed by atoms with van der Waals surface area (Å²) in [5.74, 6) is 2.79. The lowest BCUT2D eigenvalue weighted by molar-refractivity contribution is -0.885. The maximum atomic E-state index is 12.8. The van der Waals surface area contributed by atoms with Crippen LogP contribution in [0.15, 0.2) is 18.2 Å². The van der Waals surface area contributed by atoms with Gasteiger partial charge in [0.2, 0.25) is 0 Å². The number of carbonyl (C=O) groups is 1. The number of quaternary nitrogens is 1. The molecule has 4 aliphatic rings. The van der Waals surface area contributed by atoms with Crippen LogP contribution in [0.25, 0.3) is 0 Å². The standard InChI is InChI=1S/C22H30F2N2O3/c1-26(12-14-3-4-18(29-21(23)24)19(8-14)28-2)13-20(27)25-22-9-15-5-16(10-22)7-17(6-15)11-22/h3-4,8,15-17,21H,5-7,9-13H2,1-2H3,(H,25,27)/p+1. The Balaban J connectivity index is 1.32. The summed E-state index contributed by atoms with van der Waals surface area (Å²) in [5.41, 5.74) is 0.937. The molecular formula is C22H31F2N2O3+. The van der Waals surface area contributed by atoms with Gasteiger partial charge in [-0.25, -0.2) is 0 Å². The van der Waals surface area contributed by atoms with Crippen molar-refractivity contribution in [1.82, 2.24) is 5.32 Å². The summed E-state index contributed by atoms with van der Waals surface area (Å²) in [4.78, 5) is 13.8. The molecule has 0 saturated heterocycles. The second-order valence-corrected chi connectivity index (χ2v) is 9.42. The molecule has 4 bridgehead atoms. The third-order valence-electron chi connectivity index (χ3n) is 6.86. The average Bonchev–Trinajstić information content (AvgIpc) is 2.60. The molecular weight excluding hydrogens is 378 g/mol. The second kappa shape index (κ2) is 8.09. The molecule has 160 valence electrons. The molecule has 5 rings (SSSR count). The molecule has 1 atom stereocenters. The number of alkyl halides is 2. The number of ether oxygens (including phenoxy) is 2. The topological polar surface area (TPSA) is 52.0 Å². The monoisotopic (exact) mass is 409 g/mol. The van der Waals surface area contributed by atoms with Gasteiger partial charge in [-0.2, -0.15) is 8.78 Å². The lowest BCUT2D eigenvalue weighted by Gasteiger charge is -2.56. The number of halogens is 2. The van der Waals surface area contributed by atoms with Crippen LogP contribution in [-0.2, 0) is 11.3 Å². The van der Waals surface area contributed by atoms with Crippen molar-refractivity contribution < 1.29 is 27.9 Å². The lowest BCUT2D eigenvalue weighted by Crippen LogP contribution is -3.09. The van der Waals surface area contributed by atoms with Crippen LogP contribution in [-0.4, -0.2) is 38.8 Å². The van der Waals surface area contributed by atoms with Crippen molar-refractivity contribution in [1.29, 1.82) is 0 Å². The van der Waals surface area contributed by atoms with Gasteiger partial charge in [-0.05, 0) is 74.5 Å². The number of rotatable bonds is 8. The van der Waals surface area contributed by atoms with Gasteiger partial charge in [-0.3, -0.25) is 4.79 Å². The Kier molecular flexibility index (Phi) is 5.69. The SMILES string of the molecule is COc1cc(C[NH+](C)CC(=O)NC23CC4CC(CC(C4)C2)C3)ccc1OC(F)F. The highest BCUT2D eigenvalue weighted by molar-refractivity contribution is 5.77. The first-order valence-electron chi connectivity index (χ1n) is 10.6. The van der Waals surface area contributed by atoms with Gasteiger partial charge in [0.1, 0.15) is 6.54 Å². The molecule has 29 heavy (non-hydrogen) atoms. The zero-order chi connectivity index (χ0) is 20.6. The molecule has 4 aliphatic carbocycles. The molecule has 0 aliphatic heterocycles. The highest BCUT2D eigenvalue weighted by atomic mass is 19.3. The third kappa shape index (κ3) is 4.65. The first kappa shape index (κ1) is 20.4. The van der Waals surface area contributed by atoms with E-state index in [1.807, 2.05) is 7.05 Å². The van der Waals surface area contributed by atoms with Gasteiger partial charge in [0.25, 0.3) is 5.91 Å². The van der Waals surface area contributed by atoms with E-state index in [1.165, 1.54) is 32.4 Å². The fraction of sp³-hybridized carbons (Fsp3) is 0.682. The Labute approximate surface area is 170 Å². The number of hydrogen-bond acceptors (Lipinski definition) is 3. The third-order valence-corrected chi connectivity index (χ3v) is 6.86. The molecule has 1 unspecified atom stereocenters. The minimum Gasteiger partial charge on any atom is -0.493 e. The Morgan fingerprint density at radius 1 is 1.17 bits per heavy atom. The van der Waals surface area contributed by atoms with Crippen LogP contribution >= 0.6 is 0 Å². The summed E-state index contributed by atoms with van der Waals surface area (Å²) in [6.45, 7) is -1.91. The van der Waals surface area contributed by atoms with Gasteiger partial charge in [0, 0.05) is 11.1 Å². The van der Waals surface area contributed by atoms with Crippen molar-refractivity contribution in [3.63, 3.8) is 0 Å². The number of hydrogen-bond donors (Lipinski definition) is 2. The molecule has 0 radical (unpaired) electrons. The van der Waals surface area contributed by atoms with E-state index < -0.39 is 6.61 Å². The molecule has 2 N–H and O–H groups in total. The van der Waals surface area contributed by atoms with E-state index in [0.29, 0.717) is 13.1 Å². The summed E-state index contributed by atoms with van der Waals surface area (Å²) in [6, 6.07) is 4.92. The van der Waals surface area contributed by atoms with E-state index in [2.05, 4.69) is 10.1 Å². The zero-order valence-corrected chi connectivity index (χ0v) is 17.2. The van der Waals surface area contributed by atoms with Gasteiger partial charge in [-0.1, -0.05) is 0 Å². The number of methoxy groups -OCH3 is 1. The number of benzene rings is 1. The smallest absolute Gasteiger partial charge is 0.387 e. The summed E-state index contributed by atoms with van der Waals surface area (Å²) >= 11 is 0. The van der Waals surface area contributed by atoms with Gasteiger partial charge in [0.05, 0.1) is 14.2 Å². The van der Waals surface area contributed by atoms with Crippen LogP contribution in [0.4, 0.5) is 8.78 Å². The molecule has 4 fully saturated rings. The maximum Gasteiger partial charge on any atom is 0.387 e. The van der Waals surface area contributed by atoms with Gasteiger partial charge in [0.15, 0.2) is 18.0 Å². The Hall–Kier alpha value is -1.89. The minimum absolute atomic E-state index is 0.0171. The number of nitrogens with one attached hydrogen (secondary N) is 2. The quantitative estimate of drug-likeness (QED) is 0.693. The molecule has 4 saturated carbocycles. The van der Waals surface area contributed by atoms with Crippen molar-refractivity contribution in [3.05, 3.63) is 23.8 Å². The molecule has 1 aromatic carbocycles. The molecule has 7 heteroatoms. The molecule has 0 aromatic heterocycles. The van der Waals surface area contributed by atoms with Crippen LogP contribution in [0.1, 0.15) is 44.1 Å². The van der Waals surface area contributed by atoms with Crippen molar-refractivity contribution in [2.75, 3.05) is 20.7 Å². The van der Waals surface area contributed by atoms with Crippen molar-refractivity contribution in [2.24, 2.45) is 17.8 Å². The van der Waals surface area contributed by atoms with Crippen LogP contribution in [0.2, 0.25) is 0 Å². The van der Waals surface area contributed by atoms with Crippen LogP contribution in [0.3, 0.4) is 0 Å². The normalized spacial score (nSPS) is 31.0. The van der Waals surface area contributed by atoms with Gasteiger partial charge < -0.3 is 19.7 Å². The van der Waals surface area contributed by atoms with E-state index >= 15 is 0 Å². The highest BCUT2D eigenvalue weighted by Crippen LogP contribution is 2.55. The number of likely N-dealkylation sites (N-methyl/N-ethyl adjacent to an activating group) is 1. The molecule has 5 nitrogen and oxygen atoms in total. The first-order valence-corrected chi connectivity index (χ1v) is 10.6. The Morgan fingerprint density at radius 3 is 2.34 bits per heavy atom.